The first-order valence-electron chi connectivity index (χ1n) is 14.5. The van der Waals surface area contributed by atoms with E-state index in [1.165, 1.54) is 24.3 Å². The number of amides is 2. The van der Waals surface area contributed by atoms with Crippen LogP contribution in [0.5, 0.6) is 5.75 Å². The zero-order chi connectivity index (χ0) is 33.9. The Kier molecular flexibility index (Phi) is 17.0. The third-order valence-electron chi connectivity index (χ3n) is 6.73. The summed E-state index contributed by atoms with van der Waals surface area (Å²) in [7, 11) is 0. The second-order valence-corrected chi connectivity index (χ2v) is 10.3. The van der Waals surface area contributed by atoms with Gasteiger partial charge in [0.05, 0.1) is 39.4 Å². The number of rotatable bonds is 16. The van der Waals surface area contributed by atoms with E-state index < -0.39 is 30.0 Å². The number of aliphatic carboxylic acids is 3. The summed E-state index contributed by atoms with van der Waals surface area (Å²) in [5, 5.41) is 30.6. The summed E-state index contributed by atoms with van der Waals surface area (Å²) in [6.07, 6.45) is -0.962. The molecule has 2 rings (SSSR count). The molecule has 1 aliphatic heterocycles. The molecule has 1 saturated heterocycles. The molecule has 18 nitrogen and oxygen atoms in total. The van der Waals surface area contributed by atoms with Gasteiger partial charge >= 0.3 is 24.1 Å². The Hall–Kier alpha value is -4.36. The van der Waals surface area contributed by atoms with Gasteiger partial charge in [-0.2, -0.15) is 0 Å². The van der Waals surface area contributed by atoms with Gasteiger partial charge in [-0.25, -0.2) is 4.79 Å². The third kappa shape index (κ3) is 16.6. The summed E-state index contributed by atoms with van der Waals surface area (Å²) in [5.74, 6) is -3.87. The molecule has 1 heterocycles. The van der Waals surface area contributed by atoms with Crippen LogP contribution in [0.15, 0.2) is 24.3 Å². The maximum Gasteiger partial charge on any atom is 0.513 e. The van der Waals surface area contributed by atoms with Gasteiger partial charge in [-0.15, -0.1) is 0 Å². The molecular weight excluding hydrogens is 612 g/mol. The van der Waals surface area contributed by atoms with Crippen molar-refractivity contribution in [1.29, 1.82) is 0 Å². The van der Waals surface area contributed by atoms with E-state index in [0.29, 0.717) is 26.2 Å². The summed E-state index contributed by atoms with van der Waals surface area (Å²) in [6.45, 7) is 1.78. The highest BCUT2D eigenvalue weighted by Crippen LogP contribution is 2.12. The molecule has 0 bridgehead atoms. The van der Waals surface area contributed by atoms with Crippen molar-refractivity contribution in [2.45, 2.75) is 0 Å². The number of hydrogen-bond donors (Lipinski definition) is 5. The van der Waals surface area contributed by atoms with Crippen molar-refractivity contribution in [2.24, 2.45) is 5.73 Å². The summed E-state index contributed by atoms with van der Waals surface area (Å²) < 4.78 is 15.3. The molecule has 46 heavy (non-hydrogen) atoms. The predicted molar refractivity (Wildman–Crippen MR) is 159 cm³/mol. The zero-order valence-corrected chi connectivity index (χ0v) is 25.5. The number of benzene rings is 1. The van der Waals surface area contributed by atoms with Gasteiger partial charge in [-0.1, -0.05) is 0 Å². The standard InChI is InChI=1S/C28H42N6O12/c29-27(42)21-1-3-22(4-2-21)46-28(43)45-16-15-44-14-5-30-23(35)17-31-6-8-32(18-24(36)37)10-12-34(20-26(40)41)13-11-33(9-7-31)19-25(38)39/h1-4H,5-20H2,(H2,29,42)(H,30,35)(H,36,37)(H,38,39)(H,40,41). The van der Waals surface area contributed by atoms with Gasteiger partial charge < -0.3 is 40.6 Å². The van der Waals surface area contributed by atoms with E-state index in [1.54, 1.807) is 19.6 Å². The van der Waals surface area contributed by atoms with Crippen LogP contribution in [-0.2, 0) is 28.7 Å². The van der Waals surface area contributed by atoms with Gasteiger partial charge in [0.15, 0.2) is 0 Å². The number of primary amides is 1. The minimum absolute atomic E-state index is 0.0255. The first kappa shape index (κ1) is 37.8. The van der Waals surface area contributed by atoms with Crippen LogP contribution in [0.3, 0.4) is 0 Å². The summed E-state index contributed by atoms with van der Waals surface area (Å²) in [4.78, 5) is 76.5. The number of carbonyl (C=O) groups excluding carboxylic acids is 3. The Balaban J connectivity index is 1.78. The van der Waals surface area contributed by atoms with Gasteiger partial charge in [0.25, 0.3) is 0 Å². The van der Waals surface area contributed by atoms with E-state index in [-0.39, 0.29) is 95.9 Å². The van der Waals surface area contributed by atoms with Gasteiger partial charge in [0.2, 0.25) is 11.8 Å². The van der Waals surface area contributed by atoms with Crippen LogP contribution in [0.4, 0.5) is 4.79 Å². The van der Waals surface area contributed by atoms with Crippen LogP contribution in [-0.4, -0.2) is 176 Å². The maximum atomic E-state index is 12.7. The molecule has 1 aliphatic rings. The van der Waals surface area contributed by atoms with Crippen LogP contribution >= 0.6 is 0 Å². The number of nitrogens with one attached hydrogen (secondary N) is 1. The van der Waals surface area contributed by atoms with E-state index in [2.05, 4.69) is 5.32 Å². The lowest BCUT2D eigenvalue weighted by atomic mass is 10.2. The molecule has 1 aromatic carbocycles. The number of carboxylic acids is 3. The number of hydrogen-bond acceptors (Lipinski definition) is 13. The molecule has 6 N–H and O–H groups in total. The van der Waals surface area contributed by atoms with Crippen LogP contribution in [0.2, 0.25) is 0 Å². The molecule has 0 aliphatic carbocycles. The SMILES string of the molecule is NC(=O)c1ccc(OC(=O)OCCOCCNC(=O)CN2CCN(CC(=O)O)CCN(CC(=O)O)CCN(CC(=O)O)CC2)cc1. The molecule has 0 aromatic heterocycles. The fourth-order valence-electron chi connectivity index (χ4n) is 4.41. The Morgan fingerprint density at radius 1 is 0.652 bits per heavy atom. The number of carboxylic acid groups (broad SMARTS) is 3. The third-order valence-corrected chi connectivity index (χ3v) is 6.73. The molecule has 0 atom stereocenters. The zero-order valence-electron chi connectivity index (χ0n) is 25.5. The summed E-state index contributed by atoms with van der Waals surface area (Å²) in [5.41, 5.74) is 5.42. The fourth-order valence-corrected chi connectivity index (χ4v) is 4.41. The molecule has 2 amide bonds. The van der Waals surface area contributed by atoms with E-state index in [4.69, 9.17) is 19.9 Å². The van der Waals surface area contributed by atoms with Gasteiger partial charge in [-0.3, -0.25) is 43.6 Å². The second-order valence-electron chi connectivity index (χ2n) is 10.3. The summed E-state index contributed by atoms with van der Waals surface area (Å²) >= 11 is 0. The molecule has 1 aromatic rings. The first-order valence-corrected chi connectivity index (χ1v) is 14.5. The Bertz CT molecular complexity index is 1140. The number of nitrogens with two attached hydrogens (primary N) is 1. The van der Waals surface area contributed by atoms with Gasteiger partial charge in [0, 0.05) is 64.5 Å². The van der Waals surface area contributed by atoms with Crippen molar-refractivity contribution >= 4 is 35.9 Å². The van der Waals surface area contributed by atoms with E-state index in [0.717, 1.165) is 0 Å². The van der Waals surface area contributed by atoms with Crippen molar-refractivity contribution in [3.63, 3.8) is 0 Å². The van der Waals surface area contributed by atoms with Gasteiger partial charge in [0.1, 0.15) is 12.4 Å². The van der Waals surface area contributed by atoms with E-state index >= 15 is 0 Å². The summed E-state index contributed by atoms with van der Waals surface area (Å²) in [6, 6.07) is 5.61. The van der Waals surface area contributed by atoms with Crippen LogP contribution in [0, 0.1) is 0 Å². The van der Waals surface area contributed by atoms with Crippen molar-refractivity contribution in [3.05, 3.63) is 29.8 Å². The van der Waals surface area contributed by atoms with Gasteiger partial charge in [-0.05, 0) is 24.3 Å². The molecule has 0 saturated carbocycles. The molecular formula is C28H42N6O12. The average Bonchev–Trinajstić information content (AvgIpc) is 2.97. The normalized spacial score (nSPS) is 16.0. The molecule has 1 fully saturated rings. The number of ether oxygens (including phenoxy) is 3. The first-order chi connectivity index (χ1) is 21.9. The minimum Gasteiger partial charge on any atom is -0.480 e. The highest BCUT2D eigenvalue weighted by Gasteiger charge is 2.21. The minimum atomic E-state index is -1.04. The smallest absolute Gasteiger partial charge is 0.480 e. The lowest BCUT2D eigenvalue weighted by molar-refractivity contribution is -0.140. The monoisotopic (exact) mass is 654 g/mol. The van der Waals surface area contributed by atoms with E-state index in [1.807, 2.05) is 0 Å². The molecule has 0 radical (unpaired) electrons. The van der Waals surface area contributed by atoms with E-state index in [9.17, 15) is 44.1 Å². The topological polar surface area (TPSA) is 242 Å². The van der Waals surface area contributed by atoms with Crippen molar-refractivity contribution in [3.8, 4) is 5.75 Å². The number of nitrogens with zero attached hydrogens (tertiary/aromatic N) is 4. The largest absolute Gasteiger partial charge is 0.513 e. The number of carbonyl (C=O) groups is 6. The Morgan fingerprint density at radius 2 is 1.09 bits per heavy atom. The van der Waals surface area contributed by atoms with Crippen LogP contribution in [0.25, 0.3) is 0 Å². The van der Waals surface area contributed by atoms with Crippen molar-refractivity contribution in [2.75, 3.05) is 105 Å². The predicted octanol–water partition coefficient (Wildman–Crippen LogP) is -2.09. The molecule has 256 valence electrons. The van der Waals surface area contributed by atoms with Crippen molar-refractivity contribution < 1.29 is 58.3 Å². The maximum absolute atomic E-state index is 12.7. The highest BCUT2D eigenvalue weighted by molar-refractivity contribution is 5.92. The fraction of sp³-hybridized carbons (Fsp3) is 0.571. The molecule has 0 unspecified atom stereocenters. The highest BCUT2D eigenvalue weighted by atomic mass is 16.7. The van der Waals surface area contributed by atoms with Crippen LogP contribution < -0.4 is 15.8 Å². The Morgan fingerprint density at radius 3 is 1.50 bits per heavy atom. The molecule has 18 heteroatoms. The quantitative estimate of drug-likeness (QED) is 0.0729. The lowest BCUT2D eigenvalue weighted by Crippen LogP contribution is -2.50. The van der Waals surface area contributed by atoms with Crippen molar-refractivity contribution in [1.82, 2.24) is 24.9 Å². The second kappa shape index (κ2) is 20.6. The Labute approximate surface area is 265 Å². The molecule has 0 spiro atoms. The average molecular weight is 655 g/mol. The van der Waals surface area contributed by atoms with Crippen LogP contribution in [0.1, 0.15) is 10.4 Å². The lowest BCUT2D eigenvalue weighted by Gasteiger charge is -2.32.